The quantitative estimate of drug-likeness (QED) is 0.596. The van der Waals surface area contributed by atoms with E-state index in [2.05, 4.69) is 15.6 Å². The Bertz CT molecular complexity index is 867. The molecule has 1 aromatic heterocycles. The summed E-state index contributed by atoms with van der Waals surface area (Å²) < 4.78 is 16.0. The van der Waals surface area contributed by atoms with Gasteiger partial charge >= 0.3 is 12.2 Å². The van der Waals surface area contributed by atoms with Crippen LogP contribution < -0.4 is 15.4 Å². The second-order valence-electron chi connectivity index (χ2n) is 6.81. The minimum Gasteiger partial charge on any atom is -0.457 e. The molecule has 1 aromatic carbocycles. The average molecular weight is 420 g/mol. The zero-order valence-electron chi connectivity index (χ0n) is 17.1. The van der Waals surface area contributed by atoms with Crippen LogP contribution in [0.4, 0.5) is 21.1 Å². The molecule has 0 bridgehead atoms. The second kappa shape index (κ2) is 10.0. The number of benzene rings is 1. The molecule has 0 unspecified atom stereocenters. The first-order valence-electron chi connectivity index (χ1n) is 8.96. The summed E-state index contributed by atoms with van der Waals surface area (Å²) in [5.74, 6) is 1.37. The maximum Gasteiger partial charge on any atom is 0.412 e. The first-order valence-corrected chi connectivity index (χ1v) is 10.2. The Morgan fingerprint density at radius 1 is 1.07 bits per heavy atom. The minimum atomic E-state index is -0.584. The Labute approximate surface area is 174 Å². The molecule has 2 aromatic rings. The zero-order valence-corrected chi connectivity index (χ0v) is 17.9. The normalized spacial score (nSPS) is 10.8. The number of amides is 2. The molecule has 2 rings (SSSR count). The van der Waals surface area contributed by atoms with Crippen molar-refractivity contribution in [1.82, 2.24) is 4.98 Å². The number of pyridine rings is 1. The molecule has 8 nitrogen and oxygen atoms in total. The fourth-order valence-electron chi connectivity index (χ4n) is 2.20. The zero-order chi connectivity index (χ0) is 21.4. The molecule has 0 fully saturated rings. The van der Waals surface area contributed by atoms with E-state index in [0.29, 0.717) is 23.0 Å². The first-order chi connectivity index (χ1) is 13.7. The lowest BCUT2D eigenvalue weighted by atomic mass is 10.2. The number of ether oxygens (including phenoxy) is 3. The summed E-state index contributed by atoms with van der Waals surface area (Å²) in [5, 5.41) is 5.27. The largest absolute Gasteiger partial charge is 0.457 e. The Hall–Kier alpha value is -2.94. The highest BCUT2D eigenvalue weighted by molar-refractivity contribution is 7.98. The Kier molecular flexibility index (Phi) is 7.72. The summed E-state index contributed by atoms with van der Waals surface area (Å²) in [6, 6.07) is 8.52. The number of thioether (sulfide) groups is 1. The number of anilines is 2. The summed E-state index contributed by atoms with van der Waals surface area (Å²) >= 11 is 1.46. The molecule has 1 heterocycles. The van der Waals surface area contributed by atoms with Crippen molar-refractivity contribution in [3.05, 3.63) is 36.5 Å². The van der Waals surface area contributed by atoms with Gasteiger partial charge in [-0.25, -0.2) is 14.6 Å². The van der Waals surface area contributed by atoms with Crippen molar-refractivity contribution in [3.63, 3.8) is 0 Å². The summed E-state index contributed by atoms with van der Waals surface area (Å²) in [6.45, 7) is 7.40. The number of aromatic nitrogens is 1. The molecule has 2 amide bonds. The van der Waals surface area contributed by atoms with Gasteiger partial charge in [0.15, 0.2) is 0 Å². The van der Waals surface area contributed by atoms with E-state index < -0.39 is 17.8 Å². The van der Waals surface area contributed by atoms with E-state index >= 15 is 0 Å². The van der Waals surface area contributed by atoms with E-state index in [9.17, 15) is 9.59 Å². The molecular weight excluding hydrogens is 394 g/mol. The van der Waals surface area contributed by atoms with E-state index in [1.807, 2.05) is 6.26 Å². The molecule has 0 aliphatic heterocycles. The standard InChI is InChI=1S/C20H25N3O5S/c1-6-26-18(24)23-17-12-14(9-10-21-17)27-13-7-8-15(16(11-13)29-5)22-19(25)28-20(2,3)4/h7-12H,6H2,1-5H3,(H,22,25)(H,21,23,24). The van der Waals surface area contributed by atoms with Gasteiger partial charge in [0.1, 0.15) is 22.9 Å². The van der Waals surface area contributed by atoms with E-state index in [-0.39, 0.29) is 6.61 Å². The van der Waals surface area contributed by atoms with Crippen LogP contribution in [-0.2, 0) is 9.47 Å². The Morgan fingerprint density at radius 2 is 1.79 bits per heavy atom. The summed E-state index contributed by atoms with van der Waals surface area (Å²) in [6.07, 6.45) is 2.31. The number of hydrogen-bond acceptors (Lipinski definition) is 7. The molecule has 9 heteroatoms. The lowest BCUT2D eigenvalue weighted by Gasteiger charge is -2.20. The third-order valence-corrected chi connectivity index (χ3v) is 4.06. The molecule has 0 spiro atoms. The predicted octanol–water partition coefficient (Wildman–Crippen LogP) is 5.51. The highest BCUT2D eigenvalue weighted by Gasteiger charge is 2.17. The lowest BCUT2D eigenvalue weighted by Crippen LogP contribution is -2.27. The van der Waals surface area contributed by atoms with Crippen LogP contribution in [0.2, 0.25) is 0 Å². The molecule has 0 aliphatic rings. The van der Waals surface area contributed by atoms with Crippen LogP contribution in [0.15, 0.2) is 41.4 Å². The number of carbonyl (C=O) groups excluding carboxylic acids is 2. The van der Waals surface area contributed by atoms with Gasteiger partial charge in [-0.1, -0.05) is 0 Å². The summed E-state index contributed by atoms with van der Waals surface area (Å²) in [5.41, 5.74) is 0.0435. The molecule has 29 heavy (non-hydrogen) atoms. The van der Waals surface area contributed by atoms with Gasteiger partial charge < -0.3 is 14.2 Å². The monoisotopic (exact) mass is 419 g/mol. The summed E-state index contributed by atoms with van der Waals surface area (Å²) in [4.78, 5) is 28.4. The third kappa shape index (κ3) is 7.53. The van der Waals surface area contributed by atoms with Crippen LogP contribution in [0.25, 0.3) is 0 Å². The SMILES string of the molecule is CCOC(=O)Nc1cc(Oc2ccc(NC(=O)OC(C)(C)C)c(SC)c2)ccn1. The van der Waals surface area contributed by atoms with Gasteiger partial charge in [0, 0.05) is 17.2 Å². The molecule has 0 atom stereocenters. The number of rotatable bonds is 6. The van der Waals surface area contributed by atoms with Crippen molar-refractivity contribution in [3.8, 4) is 11.5 Å². The van der Waals surface area contributed by atoms with Crippen LogP contribution in [0.3, 0.4) is 0 Å². The van der Waals surface area contributed by atoms with Gasteiger partial charge in [0.05, 0.1) is 12.3 Å². The molecule has 156 valence electrons. The van der Waals surface area contributed by atoms with Gasteiger partial charge in [0.25, 0.3) is 0 Å². The van der Waals surface area contributed by atoms with Crippen molar-refractivity contribution >= 4 is 35.5 Å². The van der Waals surface area contributed by atoms with Gasteiger partial charge in [-0.05, 0) is 58.2 Å². The van der Waals surface area contributed by atoms with Gasteiger partial charge in [-0.15, -0.1) is 11.8 Å². The molecule has 2 N–H and O–H groups in total. The van der Waals surface area contributed by atoms with Crippen LogP contribution >= 0.6 is 11.8 Å². The summed E-state index contributed by atoms with van der Waals surface area (Å²) in [7, 11) is 0. The van der Waals surface area contributed by atoms with E-state index in [1.165, 1.54) is 18.0 Å². The molecular formula is C20H25N3O5S. The van der Waals surface area contributed by atoms with Gasteiger partial charge in [-0.2, -0.15) is 0 Å². The van der Waals surface area contributed by atoms with Gasteiger partial charge in [-0.3, -0.25) is 10.6 Å². The van der Waals surface area contributed by atoms with Crippen LogP contribution in [0.1, 0.15) is 27.7 Å². The topological polar surface area (TPSA) is 98.8 Å². The van der Waals surface area contributed by atoms with E-state index in [0.717, 1.165) is 4.90 Å². The molecule has 0 radical (unpaired) electrons. The van der Waals surface area contributed by atoms with Crippen LogP contribution in [0.5, 0.6) is 11.5 Å². The van der Waals surface area contributed by atoms with Crippen molar-refractivity contribution in [2.24, 2.45) is 0 Å². The fraction of sp³-hybridized carbons (Fsp3) is 0.350. The average Bonchev–Trinajstić information content (AvgIpc) is 2.62. The maximum absolute atomic E-state index is 12.0. The van der Waals surface area contributed by atoms with Crippen LogP contribution in [-0.4, -0.2) is 35.6 Å². The minimum absolute atomic E-state index is 0.267. The highest BCUT2D eigenvalue weighted by atomic mass is 32.2. The maximum atomic E-state index is 12.0. The third-order valence-electron chi connectivity index (χ3n) is 3.28. The van der Waals surface area contributed by atoms with Crippen molar-refractivity contribution < 1.29 is 23.8 Å². The van der Waals surface area contributed by atoms with Gasteiger partial charge in [0.2, 0.25) is 0 Å². The molecule has 0 saturated carbocycles. The van der Waals surface area contributed by atoms with Crippen molar-refractivity contribution in [1.29, 1.82) is 0 Å². The lowest BCUT2D eigenvalue weighted by molar-refractivity contribution is 0.0635. The number of hydrogen-bond donors (Lipinski definition) is 2. The molecule has 0 saturated heterocycles. The predicted molar refractivity (Wildman–Crippen MR) is 113 cm³/mol. The Balaban J connectivity index is 2.10. The highest BCUT2D eigenvalue weighted by Crippen LogP contribution is 2.32. The van der Waals surface area contributed by atoms with Crippen LogP contribution in [0, 0.1) is 0 Å². The first kappa shape index (κ1) is 22.4. The van der Waals surface area contributed by atoms with Crippen molar-refractivity contribution in [2.75, 3.05) is 23.5 Å². The second-order valence-corrected chi connectivity index (χ2v) is 7.66. The number of carbonyl (C=O) groups is 2. The van der Waals surface area contributed by atoms with Crippen molar-refractivity contribution in [2.45, 2.75) is 38.2 Å². The number of nitrogens with one attached hydrogen (secondary N) is 2. The smallest absolute Gasteiger partial charge is 0.412 e. The number of nitrogens with zero attached hydrogens (tertiary/aromatic N) is 1. The molecule has 0 aliphatic carbocycles. The van der Waals surface area contributed by atoms with E-state index in [1.54, 1.807) is 58.0 Å². The fourth-order valence-corrected chi connectivity index (χ4v) is 2.78. The Morgan fingerprint density at radius 3 is 2.45 bits per heavy atom. The van der Waals surface area contributed by atoms with E-state index in [4.69, 9.17) is 14.2 Å².